The van der Waals surface area contributed by atoms with E-state index in [1.165, 1.54) is 4.90 Å². The van der Waals surface area contributed by atoms with Crippen molar-refractivity contribution in [1.82, 2.24) is 10.2 Å². The molecule has 1 atom stereocenters. The lowest BCUT2D eigenvalue weighted by atomic mass is 9.98. The van der Waals surface area contributed by atoms with Crippen LogP contribution >= 0.6 is 0 Å². The summed E-state index contributed by atoms with van der Waals surface area (Å²) in [6.07, 6.45) is 1.91. The molecule has 0 aromatic carbocycles. The molecule has 1 unspecified atom stereocenters. The van der Waals surface area contributed by atoms with Crippen LogP contribution in [0.4, 0.5) is 0 Å². The molecule has 0 radical (unpaired) electrons. The van der Waals surface area contributed by atoms with Gasteiger partial charge in [0.25, 0.3) is 0 Å². The molecule has 80 valence electrons. The highest BCUT2D eigenvalue weighted by atomic mass is 16.2. The van der Waals surface area contributed by atoms with Crippen LogP contribution in [0.25, 0.3) is 0 Å². The predicted molar refractivity (Wildman–Crippen MR) is 52.4 cm³/mol. The van der Waals surface area contributed by atoms with Gasteiger partial charge in [-0.05, 0) is 19.4 Å². The summed E-state index contributed by atoms with van der Waals surface area (Å²) in [5.41, 5.74) is 5.01. The van der Waals surface area contributed by atoms with Crippen LogP contribution in [0.3, 0.4) is 0 Å². The fraction of sp³-hybridized carbons (Fsp3) is 0.778. The lowest BCUT2D eigenvalue weighted by Gasteiger charge is -2.26. The summed E-state index contributed by atoms with van der Waals surface area (Å²) in [5, 5.41) is 3.16. The number of rotatable bonds is 3. The molecule has 14 heavy (non-hydrogen) atoms. The molecule has 0 aromatic heterocycles. The Morgan fingerprint density at radius 3 is 2.79 bits per heavy atom. The number of nitrogens with zero attached hydrogens (tertiary/aromatic N) is 1. The van der Waals surface area contributed by atoms with Gasteiger partial charge in [0.05, 0.1) is 12.5 Å². The van der Waals surface area contributed by atoms with E-state index in [0.29, 0.717) is 6.54 Å². The van der Waals surface area contributed by atoms with E-state index >= 15 is 0 Å². The quantitative estimate of drug-likeness (QED) is 0.607. The first-order valence-corrected chi connectivity index (χ1v) is 4.85. The number of primary amides is 1. The number of hydrogen-bond acceptors (Lipinski definition) is 3. The third kappa shape index (κ3) is 2.99. The van der Waals surface area contributed by atoms with Gasteiger partial charge in [0.1, 0.15) is 0 Å². The molecule has 5 heteroatoms. The van der Waals surface area contributed by atoms with Gasteiger partial charge in [-0.1, -0.05) is 0 Å². The molecule has 5 nitrogen and oxygen atoms in total. The Morgan fingerprint density at radius 1 is 1.57 bits per heavy atom. The smallest absolute Gasteiger partial charge is 0.237 e. The second kappa shape index (κ2) is 4.95. The van der Waals surface area contributed by atoms with Crippen LogP contribution in [0.5, 0.6) is 0 Å². The Hall–Kier alpha value is -1.10. The Kier molecular flexibility index (Phi) is 3.88. The van der Waals surface area contributed by atoms with E-state index in [1.807, 2.05) is 0 Å². The second-order valence-corrected chi connectivity index (χ2v) is 3.70. The van der Waals surface area contributed by atoms with Crippen molar-refractivity contribution < 1.29 is 9.59 Å². The van der Waals surface area contributed by atoms with E-state index in [4.69, 9.17) is 5.73 Å². The molecule has 1 heterocycles. The van der Waals surface area contributed by atoms with E-state index in [-0.39, 0.29) is 18.4 Å². The van der Waals surface area contributed by atoms with Crippen molar-refractivity contribution in [2.45, 2.75) is 12.8 Å². The predicted octanol–water partition coefficient (Wildman–Crippen LogP) is -1.07. The zero-order valence-corrected chi connectivity index (χ0v) is 8.45. The lowest BCUT2D eigenvalue weighted by molar-refractivity contribution is -0.137. The van der Waals surface area contributed by atoms with Gasteiger partial charge in [-0.2, -0.15) is 0 Å². The number of amides is 2. The summed E-state index contributed by atoms with van der Waals surface area (Å²) >= 11 is 0. The highest BCUT2D eigenvalue weighted by Crippen LogP contribution is 2.12. The second-order valence-electron chi connectivity index (χ2n) is 3.70. The van der Waals surface area contributed by atoms with Gasteiger partial charge in [0.2, 0.25) is 11.8 Å². The average molecular weight is 199 g/mol. The summed E-state index contributed by atoms with van der Waals surface area (Å²) in [6.45, 7) is 1.70. The molecular weight excluding hydrogens is 182 g/mol. The Balaban J connectivity index is 2.42. The van der Waals surface area contributed by atoms with Crippen molar-refractivity contribution in [3.8, 4) is 0 Å². The van der Waals surface area contributed by atoms with E-state index < -0.39 is 5.91 Å². The summed E-state index contributed by atoms with van der Waals surface area (Å²) in [4.78, 5) is 23.7. The fourth-order valence-corrected chi connectivity index (χ4v) is 1.69. The molecule has 1 rings (SSSR count). The minimum absolute atomic E-state index is 0.00750. The van der Waals surface area contributed by atoms with Crippen LogP contribution in [0.1, 0.15) is 12.8 Å². The number of nitrogens with one attached hydrogen (secondary N) is 1. The molecule has 1 fully saturated rings. The number of carbonyl (C=O) groups is 2. The number of likely N-dealkylation sites (N-methyl/N-ethyl adjacent to an activating group) is 1. The van der Waals surface area contributed by atoms with Crippen molar-refractivity contribution in [1.29, 1.82) is 0 Å². The highest BCUT2D eigenvalue weighted by molar-refractivity contribution is 5.85. The number of carbonyl (C=O) groups excluding carboxylic acids is 2. The molecule has 0 aromatic rings. The van der Waals surface area contributed by atoms with E-state index in [9.17, 15) is 9.59 Å². The summed E-state index contributed by atoms with van der Waals surface area (Å²) in [7, 11) is 1.61. The van der Waals surface area contributed by atoms with Crippen LogP contribution in [0.15, 0.2) is 0 Å². The van der Waals surface area contributed by atoms with Gasteiger partial charge in [-0.15, -0.1) is 0 Å². The molecule has 1 aliphatic rings. The normalized spacial score (nSPS) is 21.6. The van der Waals surface area contributed by atoms with Crippen molar-refractivity contribution >= 4 is 11.8 Å². The Bertz CT molecular complexity index is 224. The first-order chi connectivity index (χ1) is 6.61. The standard InChI is InChI=1S/C9H17N3O2/c1-12(6-8(10)13)9(14)7-3-2-4-11-5-7/h7,11H,2-6H2,1H3,(H2,10,13). The van der Waals surface area contributed by atoms with Gasteiger partial charge in [-0.3, -0.25) is 9.59 Å². The van der Waals surface area contributed by atoms with Gasteiger partial charge in [0.15, 0.2) is 0 Å². The SMILES string of the molecule is CN(CC(N)=O)C(=O)C1CCCNC1. The molecular formula is C9H17N3O2. The monoisotopic (exact) mass is 199 g/mol. The maximum atomic E-state index is 11.7. The summed E-state index contributed by atoms with van der Waals surface area (Å²) < 4.78 is 0. The van der Waals surface area contributed by atoms with Gasteiger partial charge >= 0.3 is 0 Å². The van der Waals surface area contributed by atoms with Crippen LogP contribution in [0, 0.1) is 5.92 Å². The van der Waals surface area contributed by atoms with Gasteiger partial charge in [-0.25, -0.2) is 0 Å². The van der Waals surface area contributed by atoms with Crippen LogP contribution in [-0.4, -0.2) is 43.4 Å². The summed E-state index contributed by atoms with van der Waals surface area (Å²) in [5.74, 6) is -0.450. The number of hydrogen-bond donors (Lipinski definition) is 2. The molecule has 0 bridgehead atoms. The van der Waals surface area contributed by atoms with Crippen LogP contribution in [0.2, 0.25) is 0 Å². The van der Waals surface area contributed by atoms with Crippen molar-refractivity contribution in [3.63, 3.8) is 0 Å². The third-order valence-electron chi connectivity index (χ3n) is 2.42. The average Bonchev–Trinajstić information content (AvgIpc) is 2.17. The van der Waals surface area contributed by atoms with Gasteiger partial charge < -0.3 is 16.0 Å². The zero-order chi connectivity index (χ0) is 10.6. The van der Waals surface area contributed by atoms with E-state index in [0.717, 1.165) is 19.4 Å². The third-order valence-corrected chi connectivity index (χ3v) is 2.42. The summed E-state index contributed by atoms with van der Waals surface area (Å²) in [6, 6.07) is 0. The molecule has 1 aliphatic heterocycles. The molecule has 2 amide bonds. The lowest BCUT2D eigenvalue weighted by Crippen LogP contribution is -2.44. The van der Waals surface area contributed by atoms with E-state index in [2.05, 4.69) is 5.32 Å². The minimum Gasteiger partial charge on any atom is -0.368 e. The topological polar surface area (TPSA) is 75.4 Å². The minimum atomic E-state index is -0.468. The van der Waals surface area contributed by atoms with Crippen molar-refractivity contribution in [3.05, 3.63) is 0 Å². The molecule has 0 aliphatic carbocycles. The maximum Gasteiger partial charge on any atom is 0.237 e. The fourth-order valence-electron chi connectivity index (χ4n) is 1.69. The first kappa shape index (κ1) is 11.0. The van der Waals surface area contributed by atoms with Crippen LogP contribution < -0.4 is 11.1 Å². The van der Waals surface area contributed by atoms with Crippen molar-refractivity contribution in [2.24, 2.45) is 11.7 Å². The maximum absolute atomic E-state index is 11.7. The Labute approximate surface area is 83.6 Å². The first-order valence-electron chi connectivity index (χ1n) is 4.85. The largest absolute Gasteiger partial charge is 0.368 e. The van der Waals surface area contributed by atoms with Gasteiger partial charge in [0, 0.05) is 13.6 Å². The molecule has 1 saturated heterocycles. The molecule has 3 N–H and O–H groups in total. The number of piperidine rings is 1. The number of nitrogens with two attached hydrogens (primary N) is 1. The highest BCUT2D eigenvalue weighted by Gasteiger charge is 2.24. The van der Waals surface area contributed by atoms with Crippen molar-refractivity contribution in [2.75, 3.05) is 26.7 Å². The van der Waals surface area contributed by atoms with E-state index in [1.54, 1.807) is 7.05 Å². The zero-order valence-electron chi connectivity index (χ0n) is 8.45. The van der Waals surface area contributed by atoms with Crippen LogP contribution in [-0.2, 0) is 9.59 Å². The molecule has 0 saturated carbocycles. The Morgan fingerprint density at radius 2 is 2.29 bits per heavy atom. The molecule has 0 spiro atoms.